The summed E-state index contributed by atoms with van der Waals surface area (Å²) in [6.07, 6.45) is 7.86. The molecule has 4 fully saturated rings. The zero-order valence-electron chi connectivity index (χ0n) is 19.2. The minimum atomic E-state index is -0.384. The maximum absolute atomic E-state index is 13.3. The molecule has 1 saturated heterocycles. The normalized spacial score (nSPS) is 37.3. The van der Waals surface area contributed by atoms with Gasteiger partial charge in [-0.15, -0.1) is 0 Å². The Balaban J connectivity index is 1.04. The number of carbonyl (C=O) groups is 4. The topological polar surface area (TPSA) is 90.0 Å². The molecule has 7 nitrogen and oxygen atoms in total. The molecule has 178 valence electrons. The first kappa shape index (κ1) is 21.6. The summed E-state index contributed by atoms with van der Waals surface area (Å²) in [6.45, 7) is -0.309. The highest BCUT2D eigenvalue weighted by Gasteiger charge is 2.67. The van der Waals surface area contributed by atoms with Crippen molar-refractivity contribution < 1.29 is 28.7 Å². The van der Waals surface area contributed by atoms with Gasteiger partial charge in [-0.1, -0.05) is 24.3 Å². The largest absolute Gasteiger partial charge is 0.497 e. The molecule has 1 aromatic carbocycles. The van der Waals surface area contributed by atoms with Gasteiger partial charge in [-0.3, -0.25) is 24.1 Å². The summed E-state index contributed by atoms with van der Waals surface area (Å²) in [5, 5.41) is 0. The number of rotatable bonds is 6. The average Bonchev–Trinajstić information content (AvgIpc) is 3.65. The van der Waals surface area contributed by atoms with Crippen LogP contribution in [-0.4, -0.2) is 48.2 Å². The molecule has 6 atom stereocenters. The number of hydrogen-bond acceptors (Lipinski definition) is 6. The van der Waals surface area contributed by atoms with E-state index in [4.69, 9.17) is 9.47 Å². The van der Waals surface area contributed by atoms with E-state index in [1.165, 1.54) is 7.11 Å². The molecule has 3 saturated carbocycles. The van der Waals surface area contributed by atoms with Gasteiger partial charge in [0.25, 0.3) is 0 Å². The first-order chi connectivity index (χ1) is 16.5. The molecule has 1 aromatic rings. The maximum Gasteiger partial charge on any atom is 0.309 e. The number of ketones is 1. The van der Waals surface area contributed by atoms with Gasteiger partial charge in [-0.2, -0.15) is 0 Å². The van der Waals surface area contributed by atoms with E-state index in [9.17, 15) is 19.2 Å². The summed E-state index contributed by atoms with van der Waals surface area (Å²) in [5.41, 5.74) is 0.435. The fourth-order valence-electron chi connectivity index (χ4n) is 7.04. The second kappa shape index (κ2) is 8.07. The molecule has 5 aliphatic carbocycles. The second-order valence-electron chi connectivity index (χ2n) is 10.5. The lowest BCUT2D eigenvalue weighted by atomic mass is 9.63. The van der Waals surface area contributed by atoms with Crippen LogP contribution in [0.15, 0.2) is 36.4 Å². The van der Waals surface area contributed by atoms with Crippen LogP contribution in [0.2, 0.25) is 0 Å². The number of Topliss-reactive ketones (excluding diaryl/α,β-unsaturated/α-hetero) is 1. The van der Waals surface area contributed by atoms with Crippen LogP contribution in [0.4, 0.5) is 0 Å². The van der Waals surface area contributed by atoms with E-state index in [1.807, 2.05) is 0 Å². The molecular weight excluding hydrogens is 434 g/mol. The summed E-state index contributed by atoms with van der Waals surface area (Å²) < 4.78 is 10.5. The van der Waals surface area contributed by atoms with Crippen molar-refractivity contribution in [3.8, 4) is 5.75 Å². The molecule has 34 heavy (non-hydrogen) atoms. The Morgan fingerprint density at radius 1 is 0.971 bits per heavy atom. The van der Waals surface area contributed by atoms with E-state index in [2.05, 4.69) is 12.2 Å². The standard InChI is InChI=1S/C27H29NO6/c1-33-17-4-2-3-15(11-17)22(29)13-34-27(32)14-5-7-16(8-6-14)28-25(30)23-18-9-10-19(21-12-20(18)21)24(23)26(28)31/h2-4,9-11,14,16,18-21,23-24H,5-8,12-13H2,1H3/t14?,16?,18-,19-,20-,21+,23-,24+/m0/s1. The zero-order valence-corrected chi connectivity index (χ0v) is 19.2. The van der Waals surface area contributed by atoms with Crippen LogP contribution >= 0.6 is 0 Å². The molecule has 0 unspecified atom stereocenters. The number of ether oxygens (including phenoxy) is 2. The van der Waals surface area contributed by atoms with Gasteiger partial charge in [0.1, 0.15) is 5.75 Å². The lowest BCUT2D eigenvalue weighted by molar-refractivity contribution is -0.149. The van der Waals surface area contributed by atoms with Gasteiger partial charge in [0.2, 0.25) is 11.8 Å². The highest BCUT2D eigenvalue weighted by molar-refractivity contribution is 6.06. The van der Waals surface area contributed by atoms with Crippen LogP contribution < -0.4 is 4.74 Å². The molecule has 2 amide bonds. The van der Waals surface area contributed by atoms with Crippen LogP contribution in [0.3, 0.4) is 0 Å². The Morgan fingerprint density at radius 3 is 2.24 bits per heavy atom. The third-order valence-corrected chi connectivity index (χ3v) is 8.83. The lowest BCUT2D eigenvalue weighted by Crippen LogP contribution is -2.44. The van der Waals surface area contributed by atoms with Crippen LogP contribution in [0.1, 0.15) is 42.5 Å². The van der Waals surface area contributed by atoms with Gasteiger partial charge in [0, 0.05) is 11.6 Å². The van der Waals surface area contributed by atoms with Crippen molar-refractivity contribution in [3.63, 3.8) is 0 Å². The molecule has 6 aliphatic rings. The maximum atomic E-state index is 13.3. The summed E-state index contributed by atoms with van der Waals surface area (Å²) in [5.74, 6) is 0.929. The van der Waals surface area contributed by atoms with Crippen LogP contribution in [-0.2, 0) is 19.1 Å². The Morgan fingerprint density at radius 2 is 1.62 bits per heavy atom. The van der Waals surface area contributed by atoms with Crippen molar-refractivity contribution in [2.75, 3.05) is 13.7 Å². The van der Waals surface area contributed by atoms with Crippen molar-refractivity contribution in [2.24, 2.45) is 41.4 Å². The summed E-state index contributed by atoms with van der Waals surface area (Å²) in [7, 11) is 1.53. The molecular formula is C27H29NO6. The zero-order chi connectivity index (χ0) is 23.6. The number of carbonyl (C=O) groups excluding carboxylic acids is 4. The van der Waals surface area contributed by atoms with Gasteiger partial charge in [-0.05, 0) is 67.9 Å². The fraction of sp³-hybridized carbons (Fsp3) is 0.556. The van der Waals surface area contributed by atoms with Gasteiger partial charge in [0.05, 0.1) is 24.9 Å². The minimum Gasteiger partial charge on any atom is -0.497 e. The Kier molecular flexibility index (Phi) is 5.12. The number of amides is 2. The van der Waals surface area contributed by atoms with Crippen LogP contribution in [0.5, 0.6) is 5.75 Å². The van der Waals surface area contributed by atoms with Crippen molar-refractivity contribution >= 4 is 23.6 Å². The number of methoxy groups -OCH3 is 1. The highest BCUT2D eigenvalue weighted by atomic mass is 16.5. The number of imide groups is 1. The van der Waals surface area contributed by atoms with Crippen molar-refractivity contribution in [3.05, 3.63) is 42.0 Å². The van der Waals surface area contributed by atoms with Crippen molar-refractivity contribution in [2.45, 2.75) is 38.1 Å². The predicted octanol–water partition coefficient (Wildman–Crippen LogP) is 3.03. The number of esters is 1. The van der Waals surface area contributed by atoms with E-state index in [0.29, 0.717) is 48.8 Å². The van der Waals surface area contributed by atoms with E-state index >= 15 is 0 Å². The van der Waals surface area contributed by atoms with E-state index in [0.717, 1.165) is 6.42 Å². The predicted molar refractivity (Wildman–Crippen MR) is 121 cm³/mol. The first-order valence-electron chi connectivity index (χ1n) is 12.4. The molecule has 7 rings (SSSR count). The molecule has 7 heteroatoms. The van der Waals surface area contributed by atoms with Gasteiger partial charge >= 0.3 is 5.97 Å². The third-order valence-electron chi connectivity index (χ3n) is 8.83. The number of likely N-dealkylation sites (tertiary alicyclic amines) is 1. The summed E-state index contributed by atoms with van der Waals surface area (Å²) >= 11 is 0. The smallest absolute Gasteiger partial charge is 0.309 e. The summed E-state index contributed by atoms with van der Waals surface area (Å²) in [4.78, 5) is 53.2. The van der Waals surface area contributed by atoms with Gasteiger partial charge in [-0.25, -0.2) is 0 Å². The third kappa shape index (κ3) is 3.31. The van der Waals surface area contributed by atoms with E-state index in [-0.39, 0.29) is 65.8 Å². The lowest BCUT2D eigenvalue weighted by Gasteiger charge is -2.37. The van der Waals surface area contributed by atoms with Crippen molar-refractivity contribution in [1.82, 2.24) is 4.90 Å². The molecule has 1 aliphatic heterocycles. The molecule has 1 heterocycles. The monoisotopic (exact) mass is 463 g/mol. The van der Waals surface area contributed by atoms with E-state index < -0.39 is 0 Å². The number of nitrogens with zero attached hydrogens (tertiary/aromatic N) is 1. The average molecular weight is 464 g/mol. The molecule has 2 bridgehead atoms. The minimum absolute atomic E-state index is 0.00890. The molecule has 0 spiro atoms. The molecule has 0 N–H and O–H groups in total. The SMILES string of the molecule is COc1cccc(C(=O)COC(=O)C2CCC(N3C(=O)[C@@H]4[C@H]5C=C[C@@H]([C@@H]6C[C@H]56)[C@@H]4C3=O)CC2)c1. The van der Waals surface area contributed by atoms with Gasteiger partial charge in [0.15, 0.2) is 12.4 Å². The Bertz CT molecular complexity index is 1050. The number of benzene rings is 1. The van der Waals surface area contributed by atoms with Gasteiger partial charge < -0.3 is 9.47 Å². The fourth-order valence-corrected chi connectivity index (χ4v) is 7.04. The summed E-state index contributed by atoms with van der Waals surface area (Å²) in [6, 6.07) is 6.61. The van der Waals surface area contributed by atoms with E-state index in [1.54, 1.807) is 29.2 Å². The Hall–Kier alpha value is -2.96. The first-order valence-corrected chi connectivity index (χ1v) is 12.4. The molecule has 0 aromatic heterocycles. The quantitative estimate of drug-likeness (QED) is 0.279. The number of hydrogen-bond donors (Lipinski definition) is 0. The van der Waals surface area contributed by atoms with Crippen LogP contribution in [0.25, 0.3) is 0 Å². The van der Waals surface area contributed by atoms with Crippen LogP contribution in [0, 0.1) is 41.4 Å². The van der Waals surface area contributed by atoms with Crippen molar-refractivity contribution in [1.29, 1.82) is 0 Å². The highest BCUT2D eigenvalue weighted by Crippen LogP contribution is 2.65. The second-order valence-corrected chi connectivity index (χ2v) is 10.5. The molecule has 0 radical (unpaired) electrons. The number of allylic oxidation sites excluding steroid dienone is 2. The Labute approximate surface area is 198 Å².